The van der Waals surface area contributed by atoms with Gasteiger partial charge in [0.15, 0.2) is 11.6 Å². The molecule has 0 unspecified atom stereocenters. The SMILES string of the molecule is O=C1CCCc2cc(NC(=O)c3csc(-c4ccc(F)c(F)c4)n3)ccc2N1. The molecule has 2 aromatic carbocycles. The maximum atomic E-state index is 13.4. The van der Waals surface area contributed by atoms with Crippen LogP contribution in [0, 0.1) is 11.6 Å². The molecule has 0 saturated heterocycles. The van der Waals surface area contributed by atoms with Gasteiger partial charge in [0.2, 0.25) is 5.91 Å². The molecule has 4 rings (SSSR count). The molecule has 2 N–H and O–H groups in total. The molecule has 0 aliphatic carbocycles. The number of nitrogens with one attached hydrogen (secondary N) is 2. The number of halogens is 2. The maximum absolute atomic E-state index is 13.4. The Morgan fingerprint density at radius 3 is 2.79 bits per heavy atom. The average Bonchev–Trinajstić information content (AvgIpc) is 3.09. The van der Waals surface area contributed by atoms with E-state index in [1.807, 2.05) is 6.07 Å². The van der Waals surface area contributed by atoms with E-state index in [0.29, 0.717) is 22.7 Å². The van der Waals surface area contributed by atoms with Gasteiger partial charge in [0.25, 0.3) is 5.91 Å². The summed E-state index contributed by atoms with van der Waals surface area (Å²) in [6.45, 7) is 0. The molecule has 2 heterocycles. The van der Waals surface area contributed by atoms with Crippen LogP contribution >= 0.6 is 11.3 Å². The van der Waals surface area contributed by atoms with Gasteiger partial charge in [-0.2, -0.15) is 0 Å². The molecule has 0 saturated carbocycles. The van der Waals surface area contributed by atoms with Crippen molar-refractivity contribution in [3.8, 4) is 10.6 Å². The standard InChI is InChI=1S/C20H15F2N3O2S/c21-14-6-4-12(9-15(14)22)20-25-17(10-28-20)19(27)23-13-5-7-16-11(8-13)2-1-3-18(26)24-16/h4-10H,1-3H2,(H,23,27)(H,24,26). The monoisotopic (exact) mass is 399 g/mol. The second-order valence-electron chi connectivity index (χ2n) is 6.39. The Labute approximate surface area is 163 Å². The van der Waals surface area contributed by atoms with E-state index < -0.39 is 17.5 Å². The van der Waals surface area contributed by atoms with Gasteiger partial charge in [0.05, 0.1) is 0 Å². The number of carbonyl (C=O) groups is 2. The van der Waals surface area contributed by atoms with Crippen molar-refractivity contribution < 1.29 is 18.4 Å². The molecule has 0 fully saturated rings. The van der Waals surface area contributed by atoms with E-state index in [-0.39, 0.29) is 11.6 Å². The third-order valence-corrected chi connectivity index (χ3v) is 5.28. The number of benzene rings is 2. The third kappa shape index (κ3) is 3.77. The van der Waals surface area contributed by atoms with Crippen LogP contribution in [0.1, 0.15) is 28.9 Å². The van der Waals surface area contributed by atoms with E-state index >= 15 is 0 Å². The van der Waals surface area contributed by atoms with Gasteiger partial charge in [-0.05, 0) is 54.8 Å². The first-order chi connectivity index (χ1) is 13.5. The van der Waals surface area contributed by atoms with E-state index in [1.165, 1.54) is 17.4 Å². The minimum Gasteiger partial charge on any atom is -0.326 e. The van der Waals surface area contributed by atoms with Crippen LogP contribution in [0.2, 0.25) is 0 Å². The fraction of sp³-hybridized carbons (Fsp3) is 0.150. The molecule has 0 radical (unpaired) electrons. The lowest BCUT2D eigenvalue weighted by molar-refractivity contribution is -0.116. The largest absolute Gasteiger partial charge is 0.326 e. The molecule has 28 heavy (non-hydrogen) atoms. The lowest BCUT2D eigenvalue weighted by Crippen LogP contribution is -2.13. The van der Waals surface area contributed by atoms with E-state index in [0.717, 1.165) is 36.2 Å². The number of hydrogen-bond acceptors (Lipinski definition) is 4. The highest BCUT2D eigenvalue weighted by Gasteiger charge is 2.16. The molecule has 1 aliphatic heterocycles. The van der Waals surface area contributed by atoms with Crippen molar-refractivity contribution in [1.82, 2.24) is 4.98 Å². The van der Waals surface area contributed by atoms with Crippen LogP contribution in [0.5, 0.6) is 0 Å². The predicted molar refractivity (Wildman–Crippen MR) is 103 cm³/mol. The molecule has 5 nitrogen and oxygen atoms in total. The lowest BCUT2D eigenvalue weighted by Gasteiger charge is -2.10. The van der Waals surface area contributed by atoms with Crippen LogP contribution in [0.4, 0.5) is 20.2 Å². The van der Waals surface area contributed by atoms with E-state index in [1.54, 1.807) is 17.5 Å². The number of rotatable bonds is 3. The summed E-state index contributed by atoms with van der Waals surface area (Å²) in [5.41, 5.74) is 2.91. The molecule has 0 atom stereocenters. The Hall–Kier alpha value is -3.13. The molecule has 2 amide bonds. The number of hydrogen-bond donors (Lipinski definition) is 2. The maximum Gasteiger partial charge on any atom is 0.275 e. The number of carbonyl (C=O) groups excluding carboxylic acids is 2. The molecule has 0 spiro atoms. The van der Waals surface area contributed by atoms with Gasteiger partial charge in [-0.15, -0.1) is 11.3 Å². The van der Waals surface area contributed by atoms with Crippen LogP contribution < -0.4 is 10.6 Å². The summed E-state index contributed by atoms with van der Waals surface area (Å²) in [6.07, 6.45) is 1.97. The highest BCUT2D eigenvalue weighted by molar-refractivity contribution is 7.13. The van der Waals surface area contributed by atoms with Crippen molar-refractivity contribution in [3.05, 3.63) is 64.7 Å². The van der Waals surface area contributed by atoms with Crippen molar-refractivity contribution in [2.45, 2.75) is 19.3 Å². The van der Waals surface area contributed by atoms with E-state index in [9.17, 15) is 18.4 Å². The summed E-state index contributed by atoms with van der Waals surface area (Å²) >= 11 is 1.17. The number of aromatic nitrogens is 1. The average molecular weight is 399 g/mol. The van der Waals surface area contributed by atoms with Gasteiger partial charge in [-0.3, -0.25) is 9.59 Å². The lowest BCUT2D eigenvalue weighted by atomic mass is 10.1. The zero-order chi connectivity index (χ0) is 19.7. The summed E-state index contributed by atoms with van der Waals surface area (Å²) in [7, 11) is 0. The van der Waals surface area contributed by atoms with Gasteiger partial charge >= 0.3 is 0 Å². The van der Waals surface area contributed by atoms with Crippen LogP contribution in [0.25, 0.3) is 10.6 Å². The fourth-order valence-electron chi connectivity index (χ4n) is 2.99. The van der Waals surface area contributed by atoms with Crippen LogP contribution in [-0.4, -0.2) is 16.8 Å². The Morgan fingerprint density at radius 1 is 1.11 bits per heavy atom. The van der Waals surface area contributed by atoms with Gasteiger partial charge in [0.1, 0.15) is 10.7 Å². The zero-order valence-electron chi connectivity index (χ0n) is 14.6. The minimum absolute atomic E-state index is 0.0113. The summed E-state index contributed by atoms with van der Waals surface area (Å²) in [4.78, 5) is 28.3. The number of amides is 2. The number of fused-ring (bicyclic) bond motifs is 1. The summed E-state index contributed by atoms with van der Waals surface area (Å²) in [5.74, 6) is -2.31. The van der Waals surface area contributed by atoms with Crippen LogP contribution in [0.15, 0.2) is 41.8 Å². The molecular weight excluding hydrogens is 384 g/mol. The van der Waals surface area contributed by atoms with Gasteiger partial charge in [0, 0.05) is 28.7 Å². The number of anilines is 2. The molecule has 142 valence electrons. The summed E-state index contributed by atoms with van der Waals surface area (Å²) in [6, 6.07) is 8.81. The molecule has 1 aromatic heterocycles. The Kier molecular flexibility index (Phi) is 4.87. The molecule has 1 aliphatic rings. The van der Waals surface area contributed by atoms with Crippen molar-refractivity contribution in [2.24, 2.45) is 0 Å². The first kappa shape index (κ1) is 18.2. The highest BCUT2D eigenvalue weighted by atomic mass is 32.1. The van der Waals surface area contributed by atoms with Crippen molar-refractivity contribution in [2.75, 3.05) is 10.6 Å². The molecule has 3 aromatic rings. The Morgan fingerprint density at radius 2 is 1.96 bits per heavy atom. The third-order valence-electron chi connectivity index (χ3n) is 4.39. The molecule has 0 bridgehead atoms. The highest BCUT2D eigenvalue weighted by Crippen LogP contribution is 2.27. The zero-order valence-corrected chi connectivity index (χ0v) is 15.4. The normalized spacial score (nSPS) is 13.4. The quantitative estimate of drug-likeness (QED) is 0.675. The second-order valence-corrected chi connectivity index (χ2v) is 7.25. The topological polar surface area (TPSA) is 71.1 Å². The van der Waals surface area contributed by atoms with Crippen molar-refractivity contribution in [3.63, 3.8) is 0 Å². The molecular formula is C20H15F2N3O2S. The Bertz CT molecular complexity index is 1080. The Balaban J connectivity index is 1.51. The summed E-state index contributed by atoms with van der Waals surface area (Å²) < 4.78 is 26.5. The van der Waals surface area contributed by atoms with Gasteiger partial charge in [-0.1, -0.05) is 0 Å². The number of nitrogens with zero attached hydrogens (tertiary/aromatic N) is 1. The van der Waals surface area contributed by atoms with E-state index in [2.05, 4.69) is 15.6 Å². The predicted octanol–water partition coefficient (Wildman–Crippen LogP) is 4.62. The first-order valence-corrected chi connectivity index (χ1v) is 9.52. The minimum atomic E-state index is -0.962. The van der Waals surface area contributed by atoms with Crippen molar-refractivity contribution in [1.29, 1.82) is 0 Å². The van der Waals surface area contributed by atoms with Crippen LogP contribution in [0.3, 0.4) is 0 Å². The second kappa shape index (κ2) is 7.47. The van der Waals surface area contributed by atoms with E-state index in [4.69, 9.17) is 0 Å². The number of aryl methyl sites for hydroxylation is 1. The smallest absolute Gasteiger partial charge is 0.275 e. The van der Waals surface area contributed by atoms with Gasteiger partial charge < -0.3 is 10.6 Å². The number of thiazole rings is 1. The summed E-state index contributed by atoms with van der Waals surface area (Å²) in [5, 5.41) is 7.62. The van der Waals surface area contributed by atoms with Crippen LogP contribution in [-0.2, 0) is 11.2 Å². The van der Waals surface area contributed by atoms with Crippen molar-refractivity contribution >= 4 is 34.5 Å². The molecule has 8 heteroatoms. The van der Waals surface area contributed by atoms with Gasteiger partial charge in [-0.25, -0.2) is 13.8 Å². The fourth-order valence-corrected chi connectivity index (χ4v) is 3.78. The first-order valence-electron chi connectivity index (χ1n) is 8.65.